The van der Waals surface area contributed by atoms with Crippen LogP contribution in [0.3, 0.4) is 0 Å². The van der Waals surface area contributed by atoms with E-state index in [2.05, 4.69) is 5.32 Å². The van der Waals surface area contributed by atoms with Gasteiger partial charge in [0.05, 0.1) is 23.5 Å². The molecule has 0 saturated heterocycles. The summed E-state index contributed by atoms with van der Waals surface area (Å²) in [5.41, 5.74) is 0.0621. The van der Waals surface area contributed by atoms with Gasteiger partial charge >= 0.3 is 6.18 Å². The second-order valence-corrected chi connectivity index (χ2v) is 7.41. The Morgan fingerprint density at radius 1 is 1.04 bits per heavy atom. The van der Waals surface area contributed by atoms with Crippen molar-refractivity contribution in [3.05, 3.63) is 54.0 Å². The normalized spacial score (nSPS) is 11.8. The van der Waals surface area contributed by atoms with Crippen LogP contribution in [0, 0.1) is 0 Å². The molecule has 27 heavy (non-hydrogen) atoms. The molecule has 0 unspecified atom stereocenters. The minimum Gasteiger partial charge on any atom is -0.459 e. The lowest BCUT2D eigenvalue weighted by molar-refractivity contribution is -0.137. The summed E-state index contributed by atoms with van der Waals surface area (Å²) in [6, 6.07) is 8.85. The minimum absolute atomic E-state index is 0.0593. The topological polar surface area (TPSA) is 105 Å². The van der Waals surface area contributed by atoms with E-state index in [1.54, 1.807) is 23.5 Å². The van der Waals surface area contributed by atoms with Gasteiger partial charge in [0.15, 0.2) is 15.6 Å². The van der Waals surface area contributed by atoms with Crippen molar-refractivity contribution < 1.29 is 35.6 Å². The third-order valence-corrected chi connectivity index (χ3v) is 4.98. The molecule has 0 spiro atoms. The van der Waals surface area contributed by atoms with Crippen LogP contribution >= 0.6 is 0 Å². The fraction of sp³-hybridized carbons (Fsp3) is 0.250. The number of benzene rings is 1. The van der Waals surface area contributed by atoms with Crippen LogP contribution in [0.25, 0.3) is 0 Å². The first-order valence-corrected chi connectivity index (χ1v) is 9.19. The van der Waals surface area contributed by atoms with E-state index in [1.807, 2.05) is 0 Å². The number of halogens is 3. The van der Waals surface area contributed by atoms with Gasteiger partial charge in [0, 0.05) is 5.56 Å². The van der Waals surface area contributed by atoms with Crippen LogP contribution in [0.1, 0.15) is 16.1 Å². The Labute approximate surface area is 152 Å². The number of amides is 2. The van der Waals surface area contributed by atoms with Crippen molar-refractivity contribution in [2.45, 2.75) is 16.8 Å². The molecule has 2 N–H and O–H groups in total. The van der Waals surface area contributed by atoms with Gasteiger partial charge in [0.25, 0.3) is 5.91 Å². The second kappa shape index (κ2) is 8.25. The number of hydrogen-bond acceptors (Lipinski definition) is 5. The predicted octanol–water partition coefficient (Wildman–Crippen LogP) is 1.66. The van der Waals surface area contributed by atoms with Gasteiger partial charge in [-0.2, -0.15) is 13.2 Å². The number of sulfone groups is 1. The van der Waals surface area contributed by atoms with Gasteiger partial charge in [0.1, 0.15) is 6.54 Å². The summed E-state index contributed by atoms with van der Waals surface area (Å²) in [5, 5.41) is 3.67. The van der Waals surface area contributed by atoms with E-state index >= 15 is 0 Å². The zero-order valence-corrected chi connectivity index (χ0v) is 14.6. The molecule has 1 heterocycles. The number of nitrogens with one attached hydrogen (secondary N) is 2. The van der Waals surface area contributed by atoms with Gasteiger partial charge < -0.3 is 15.1 Å². The maximum atomic E-state index is 12.4. The average Bonchev–Trinajstić information content (AvgIpc) is 3.05. The predicted molar refractivity (Wildman–Crippen MR) is 87.4 cm³/mol. The maximum absolute atomic E-state index is 12.4. The lowest BCUT2D eigenvalue weighted by Crippen LogP contribution is -2.41. The van der Waals surface area contributed by atoms with Crippen molar-refractivity contribution in [1.82, 2.24) is 10.6 Å². The van der Waals surface area contributed by atoms with Gasteiger partial charge in [0.2, 0.25) is 5.91 Å². The molecular formula is C16H15F3N2O5S. The molecule has 0 bridgehead atoms. The molecule has 146 valence electrons. The van der Waals surface area contributed by atoms with Crippen molar-refractivity contribution in [2.75, 3.05) is 13.1 Å². The fourth-order valence-corrected chi connectivity index (χ4v) is 3.44. The lowest BCUT2D eigenvalue weighted by atomic mass is 10.2. The van der Waals surface area contributed by atoms with Crippen molar-refractivity contribution in [2.24, 2.45) is 0 Å². The summed E-state index contributed by atoms with van der Waals surface area (Å²) in [4.78, 5) is 23.4. The van der Waals surface area contributed by atoms with Crippen LogP contribution in [0.4, 0.5) is 13.2 Å². The molecule has 2 aromatic rings. The van der Waals surface area contributed by atoms with Crippen LogP contribution < -0.4 is 10.6 Å². The molecular weight excluding hydrogens is 389 g/mol. The highest BCUT2D eigenvalue weighted by molar-refractivity contribution is 7.90. The number of carbonyl (C=O) groups is 2. The third-order valence-electron chi connectivity index (χ3n) is 3.30. The van der Waals surface area contributed by atoms with Crippen LogP contribution in [-0.2, 0) is 20.4 Å². The molecule has 0 aliphatic rings. The molecule has 0 atom stereocenters. The highest BCUT2D eigenvalue weighted by Gasteiger charge is 2.28. The minimum atomic E-state index is -4.57. The summed E-state index contributed by atoms with van der Waals surface area (Å²) in [7, 11) is -3.74. The van der Waals surface area contributed by atoms with Crippen molar-refractivity contribution in [3.8, 4) is 0 Å². The van der Waals surface area contributed by atoms with Gasteiger partial charge in [-0.1, -0.05) is 18.2 Å². The van der Waals surface area contributed by atoms with E-state index in [9.17, 15) is 31.2 Å². The average molecular weight is 404 g/mol. The van der Waals surface area contributed by atoms with Crippen molar-refractivity contribution >= 4 is 21.7 Å². The Morgan fingerprint density at radius 2 is 1.70 bits per heavy atom. The zero-order chi connectivity index (χ0) is 20.1. The van der Waals surface area contributed by atoms with E-state index in [4.69, 9.17) is 4.42 Å². The Balaban J connectivity index is 2.00. The smallest absolute Gasteiger partial charge is 0.405 e. The summed E-state index contributed by atoms with van der Waals surface area (Å²) in [5.74, 6) is -2.82. The molecule has 2 rings (SSSR count). The summed E-state index contributed by atoms with van der Waals surface area (Å²) in [6.45, 7) is -2.25. The zero-order valence-electron chi connectivity index (χ0n) is 13.7. The van der Waals surface area contributed by atoms with Crippen LogP contribution in [-0.4, -0.2) is 39.5 Å². The Hall–Kier alpha value is -2.82. The molecule has 1 aromatic carbocycles. The van der Waals surface area contributed by atoms with Crippen LogP contribution in [0.5, 0.6) is 0 Å². The molecule has 11 heteroatoms. The lowest BCUT2D eigenvalue weighted by Gasteiger charge is -2.09. The third kappa shape index (κ3) is 6.13. The molecule has 7 nitrogen and oxygen atoms in total. The molecule has 1 aromatic heterocycles. The van der Waals surface area contributed by atoms with Gasteiger partial charge in [-0.25, -0.2) is 8.42 Å². The second-order valence-electron chi connectivity index (χ2n) is 5.42. The largest absolute Gasteiger partial charge is 0.459 e. The number of alkyl halides is 3. The van der Waals surface area contributed by atoms with E-state index in [0.717, 1.165) is 6.26 Å². The fourth-order valence-electron chi connectivity index (χ4n) is 2.07. The van der Waals surface area contributed by atoms with Gasteiger partial charge in [-0.15, -0.1) is 0 Å². The molecule has 2 amide bonds. The first kappa shape index (κ1) is 20.5. The van der Waals surface area contributed by atoms with E-state index in [1.165, 1.54) is 18.2 Å². The summed E-state index contributed by atoms with van der Waals surface area (Å²) in [6.07, 6.45) is -3.46. The molecule has 0 aliphatic heterocycles. The SMILES string of the molecule is O=C(CNC(=O)c1occc1CS(=O)(=O)c1ccccc1)NCC(F)(F)F. The standard InChI is InChI=1S/C16H15F3N2O5S/c17-16(18,19)10-21-13(22)8-20-15(23)14-11(6-7-26-14)9-27(24,25)12-4-2-1-3-5-12/h1-7H,8-10H2,(H,20,23)(H,21,22). The van der Waals surface area contributed by atoms with Gasteiger partial charge in [-0.05, 0) is 18.2 Å². The first-order chi connectivity index (χ1) is 12.6. The van der Waals surface area contributed by atoms with E-state index in [0.29, 0.717) is 0 Å². The molecule has 0 saturated carbocycles. The highest BCUT2D eigenvalue weighted by atomic mass is 32.2. The maximum Gasteiger partial charge on any atom is 0.405 e. The van der Waals surface area contributed by atoms with Crippen molar-refractivity contribution in [1.29, 1.82) is 0 Å². The van der Waals surface area contributed by atoms with Crippen LogP contribution in [0.15, 0.2) is 52.0 Å². The van der Waals surface area contributed by atoms with E-state index < -0.39 is 46.7 Å². The van der Waals surface area contributed by atoms with Gasteiger partial charge in [-0.3, -0.25) is 9.59 Å². The number of carbonyl (C=O) groups excluding carboxylic acids is 2. The molecule has 0 aliphatic carbocycles. The summed E-state index contributed by atoms with van der Waals surface area (Å²) >= 11 is 0. The molecule has 0 fully saturated rings. The van der Waals surface area contributed by atoms with Crippen LogP contribution in [0.2, 0.25) is 0 Å². The quantitative estimate of drug-likeness (QED) is 0.730. The van der Waals surface area contributed by atoms with Crippen molar-refractivity contribution in [3.63, 3.8) is 0 Å². The highest BCUT2D eigenvalue weighted by Crippen LogP contribution is 2.19. The number of hydrogen-bond donors (Lipinski definition) is 2. The van der Waals surface area contributed by atoms with E-state index in [-0.39, 0.29) is 16.2 Å². The Kier molecular flexibility index (Phi) is 6.26. The monoisotopic (exact) mass is 404 g/mol. The molecule has 0 radical (unpaired) electrons. The first-order valence-electron chi connectivity index (χ1n) is 7.54. The summed E-state index contributed by atoms with van der Waals surface area (Å²) < 4.78 is 65.8. The Bertz CT molecular complexity index is 908. The number of rotatable bonds is 7. The number of furan rings is 1. The Morgan fingerprint density at radius 3 is 2.33 bits per heavy atom.